The Kier molecular flexibility index (Phi) is 8.10. The predicted octanol–water partition coefficient (Wildman–Crippen LogP) is 2.69. The van der Waals surface area contributed by atoms with Crippen molar-refractivity contribution in [3.63, 3.8) is 0 Å². The van der Waals surface area contributed by atoms with Crippen molar-refractivity contribution in [2.24, 2.45) is 0 Å². The van der Waals surface area contributed by atoms with Crippen molar-refractivity contribution < 1.29 is 27.5 Å². The highest BCUT2D eigenvalue weighted by Crippen LogP contribution is 2.32. The fraction of sp³-hybridized carbons (Fsp3) is 0.259. The number of likely N-dealkylation sites (N-methyl/N-ethyl adjacent to an activating group) is 1. The highest BCUT2D eigenvalue weighted by molar-refractivity contribution is 7.88. The molecule has 1 heterocycles. The van der Waals surface area contributed by atoms with Crippen LogP contribution in [0.3, 0.4) is 0 Å². The van der Waals surface area contributed by atoms with Crippen LogP contribution < -0.4 is 14.8 Å². The number of benzene rings is 3. The van der Waals surface area contributed by atoms with Crippen molar-refractivity contribution >= 4 is 21.8 Å². The Morgan fingerprint density at radius 1 is 0.919 bits per heavy atom. The number of rotatable bonds is 10. The van der Waals surface area contributed by atoms with E-state index < -0.39 is 34.4 Å². The maximum absolute atomic E-state index is 13.7. The third-order valence-electron chi connectivity index (χ3n) is 6.02. The number of nitrogens with zero attached hydrogens (tertiary/aromatic N) is 2. The fourth-order valence-corrected chi connectivity index (χ4v) is 4.29. The monoisotopic (exact) mass is 523 g/mol. The molecule has 4 rings (SSSR count). The highest BCUT2D eigenvalue weighted by Gasteiger charge is 2.33. The molecule has 10 heteroatoms. The number of carbonyl (C=O) groups is 2. The van der Waals surface area contributed by atoms with Crippen LogP contribution in [0.1, 0.15) is 22.7 Å². The average Bonchev–Trinajstić information content (AvgIpc) is 3.36. The standard InChI is InChI=1S/C27H29N3O6S/c1-29(37(2,33)34)18-25(31)30(17-20-9-5-3-6-10-20)26(22-11-7-4-8-12-22)27(32)28-16-21-13-14-23-24(15-21)36-19-35-23/h3-15,26H,16-19H2,1-2H3,(H,28,32)/t26-/m1/s1. The molecule has 1 N–H and O–H groups in total. The molecule has 3 aromatic rings. The number of hydrogen-bond acceptors (Lipinski definition) is 6. The van der Waals surface area contributed by atoms with Crippen LogP contribution in [0, 0.1) is 0 Å². The molecular formula is C27H29N3O6S. The van der Waals surface area contributed by atoms with Gasteiger partial charge in [-0.3, -0.25) is 9.59 Å². The Bertz CT molecular complexity index is 1350. The molecule has 9 nitrogen and oxygen atoms in total. The third-order valence-corrected chi connectivity index (χ3v) is 7.28. The second kappa shape index (κ2) is 11.4. The van der Waals surface area contributed by atoms with E-state index in [0.29, 0.717) is 17.1 Å². The number of nitrogens with one attached hydrogen (secondary N) is 1. The number of ether oxygens (including phenoxy) is 2. The minimum absolute atomic E-state index is 0.119. The van der Waals surface area contributed by atoms with Crippen LogP contribution in [-0.2, 0) is 32.7 Å². The average molecular weight is 524 g/mol. The van der Waals surface area contributed by atoms with Crippen LogP contribution in [0.4, 0.5) is 0 Å². The normalized spacial score (nSPS) is 13.3. The topological polar surface area (TPSA) is 105 Å². The number of amides is 2. The quantitative estimate of drug-likeness (QED) is 0.438. The first kappa shape index (κ1) is 26.2. The molecule has 3 aromatic carbocycles. The van der Waals surface area contributed by atoms with Gasteiger partial charge in [0.1, 0.15) is 6.04 Å². The van der Waals surface area contributed by atoms with Crippen molar-refractivity contribution in [3.8, 4) is 11.5 Å². The lowest BCUT2D eigenvalue weighted by Gasteiger charge is -2.32. The molecule has 0 aliphatic carbocycles. The van der Waals surface area contributed by atoms with E-state index in [1.54, 1.807) is 36.4 Å². The van der Waals surface area contributed by atoms with Crippen LogP contribution in [0.15, 0.2) is 78.9 Å². The van der Waals surface area contributed by atoms with Crippen LogP contribution in [0.5, 0.6) is 11.5 Å². The van der Waals surface area contributed by atoms with E-state index in [2.05, 4.69) is 5.32 Å². The number of sulfonamides is 1. The van der Waals surface area contributed by atoms with Gasteiger partial charge in [-0.2, -0.15) is 4.31 Å². The molecule has 0 bridgehead atoms. The number of carbonyl (C=O) groups excluding carboxylic acids is 2. The van der Waals surface area contributed by atoms with Gasteiger partial charge in [0.15, 0.2) is 11.5 Å². The molecule has 194 valence electrons. The van der Waals surface area contributed by atoms with E-state index >= 15 is 0 Å². The Morgan fingerprint density at radius 3 is 2.24 bits per heavy atom. The van der Waals surface area contributed by atoms with Gasteiger partial charge < -0.3 is 19.7 Å². The van der Waals surface area contributed by atoms with Gasteiger partial charge in [-0.05, 0) is 28.8 Å². The Labute approximate surface area is 216 Å². The molecule has 1 aliphatic rings. The second-order valence-electron chi connectivity index (χ2n) is 8.74. The molecule has 0 saturated carbocycles. The first-order chi connectivity index (χ1) is 17.7. The fourth-order valence-electron chi connectivity index (χ4n) is 3.95. The van der Waals surface area contributed by atoms with Crippen LogP contribution in [0.25, 0.3) is 0 Å². The predicted molar refractivity (Wildman–Crippen MR) is 138 cm³/mol. The van der Waals surface area contributed by atoms with Gasteiger partial charge in [0.05, 0.1) is 12.8 Å². The largest absolute Gasteiger partial charge is 0.454 e. The Morgan fingerprint density at radius 2 is 1.57 bits per heavy atom. The molecule has 2 amide bonds. The highest BCUT2D eigenvalue weighted by atomic mass is 32.2. The summed E-state index contributed by atoms with van der Waals surface area (Å²) in [6, 6.07) is 22.6. The van der Waals surface area contributed by atoms with Gasteiger partial charge >= 0.3 is 0 Å². The third kappa shape index (κ3) is 6.66. The van der Waals surface area contributed by atoms with Crippen LogP contribution in [0.2, 0.25) is 0 Å². The summed E-state index contributed by atoms with van der Waals surface area (Å²) < 4.78 is 35.8. The van der Waals surface area contributed by atoms with E-state index in [-0.39, 0.29) is 19.9 Å². The molecular weight excluding hydrogens is 494 g/mol. The molecule has 0 saturated heterocycles. The first-order valence-electron chi connectivity index (χ1n) is 11.7. The second-order valence-corrected chi connectivity index (χ2v) is 10.8. The van der Waals surface area contributed by atoms with Crippen molar-refractivity contribution in [3.05, 3.63) is 95.6 Å². The molecule has 37 heavy (non-hydrogen) atoms. The molecule has 0 radical (unpaired) electrons. The minimum atomic E-state index is -3.60. The molecule has 0 spiro atoms. The summed E-state index contributed by atoms with van der Waals surface area (Å²) in [7, 11) is -2.26. The molecule has 1 aliphatic heterocycles. The summed E-state index contributed by atoms with van der Waals surface area (Å²) in [6.45, 7) is 0.0772. The number of fused-ring (bicyclic) bond motifs is 1. The van der Waals surface area contributed by atoms with E-state index in [1.165, 1.54) is 11.9 Å². The maximum atomic E-state index is 13.7. The van der Waals surface area contributed by atoms with Gasteiger partial charge in [-0.15, -0.1) is 0 Å². The SMILES string of the molecule is CN(CC(=O)N(Cc1ccccc1)[C@@H](C(=O)NCc1ccc2c(c1)OCO2)c1ccccc1)S(C)(=O)=O. The Balaban J connectivity index is 1.63. The molecule has 1 atom stereocenters. The van der Waals surface area contributed by atoms with Gasteiger partial charge in [-0.1, -0.05) is 66.7 Å². The van der Waals surface area contributed by atoms with E-state index in [1.807, 2.05) is 42.5 Å². The van der Waals surface area contributed by atoms with Gasteiger partial charge in [0, 0.05) is 20.1 Å². The first-order valence-corrected chi connectivity index (χ1v) is 13.5. The lowest BCUT2D eigenvalue weighted by molar-refractivity contribution is -0.141. The van der Waals surface area contributed by atoms with Crippen molar-refractivity contribution in [2.75, 3.05) is 26.6 Å². The van der Waals surface area contributed by atoms with E-state index in [0.717, 1.165) is 21.7 Å². The zero-order valence-electron chi connectivity index (χ0n) is 20.7. The summed E-state index contributed by atoms with van der Waals surface area (Å²) >= 11 is 0. The van der Waals surface area contributed by atoms with Gasteiger partial charge in [0.2, 0.25) is 28.6 Å². The summed E-state index contributed by atoms with van der Waals surface area (Å²) in [5.74, 6) is 0.363. The molecule has 0 aromatic heterocycles. The van der Waals surface area contributed by atoms with Crippen LogP contribution in [-0.4, -0.2) is 56.1 Å². The maximum Gasteiger partial charge on any atom is 0.247 e. The van der Waals surface area contributed by atoms with Crippen LogP contribution >= 0.6 is 0 Å². The van der Waals surface area contributed by atoms with Gasteiger partial charge in [0.25, 0.3) is 0 Å². The molecule has 0 fully saturated rings. The summed E-state index contributed by atoms with van der Waals surface area (Å²) in [5, 5.41) is 2.93. The summed E-state index contributed by atoms with van der Waals surface area (Å²) in [6.07, 6.45) is 1.04. The zero-order valence-corrected chi connectivity index (χ0v) is 21.5. The summed E-state index contributed by atoms with van der Waals surface area (Å²) in [5.41, 5.74) is 2.22. The van der Waals surface area contributed by atoms with Crippen molar-refractivity contribution in [1.82, 2.24) is 14.5 Å². The summed E-state index contributed by atoms with van der Waals surface area (Å²) in [4.78, 5) is 28.6. The Hall–Kier alpha value is -3.89. The minimum Gasteiger partial charge on any atom is -0.454 e. The zero-order chi connectivity index (χ0) is 26.4. The number of hydrogen-bond donors (Lipinski definition) is 1. The molecule has 0 unspecified atom stereocenters. The smallest absolute Gasteiger partial charge is 0.247 e. The van der Waals surface area contributed by atoms with E-state index in [9.17, 15) is 18.0 Å². The van der Waals surface area contributed by atoms with Crippen molar-refractivity contribution in [1.29, 1.82) is 0 Å². The lowest BCUT2D eigenvalue weighted by Crippen LogP contribution is -2.47. The van der Waals surface area contributed by atoms with E-state index in [4.69, 9.17) is 9.47 Å². The van der Waals surface area contributed by atoms with Crippen molar-refractivity contribution in [2.45, 2.75) is 19.1 Å². The lowest BCUT2D eigenvalue weighted by atomic mass is 10.0. The van der Waals surface area contributed by atoms with Gasteiger partial charge in [-0.25, -0.2) is 8.42 Å².